The van der Waals surface area contributed by atoms with Gasteiger partial charge in [-0.1, -0.05) is 36.4 Å². The van der Waals surface area contributed by atoms with Gasteiger partial charge in [-0.05, 0) is 29.3 Å². The number of fused-ring (bicyclic) bond motifs is 1. The Bertz CT molecular complexity index is 950. The topological polar surface area (TPSA) is 69.7 Å². The number of carbonyl (C=O) groups is 3. The number of carbonyl (C=O) groups excluding carboxylic acids is 3. The van der Waals surface area contributed by atoms with Crippen molar-refractivity contribution in [3.8, 4) is 0 Å². The van der Waals surface area contributed by atoms with E-state index in [-0.39, 0.29) is 24.1 Å². The van der Waals surface area contributed by atoms with Crippen molar-refractivity contribution in [2.24, 2.45) is 0 Å². The van der Waals surface area contributed by atoms with Crippen molar-refractivity contribution >= 4 is 29.5 Å². The molecule has 6 heteroatoms. The first kappa shape index (κ1) is 19.4. The van der Waals surface area contributed by atoms with E-state index in [0.29, 0.717) is 11.3 Å². The fourth-order valence-corrected chi connectivity index (χ4v) is 3.31. The summed E-state index contributed by atoms with van der Waals surface area (Å²) in [7, 11) is 3.33. The predicted molar refractivity (Wildman–Crippen MR) is 108 cm³/mol. The van der Waals surface area contributed by atoms with Gasteiger partial charge in [-0.2, -0.15) is 0 Å². The van der Waals surface area contributed by atoms with E-state index < -0.39 is 6.04 Å². The molecule has 0 bridgehead atoms. The summed E-state index contributed by atoms with van der Waals surface area (Å²) in [5.74, 6) is -0.584. The standard InChI is InChI=1S/C22H23N3O3/c1-15(26)25-13-12-16-8-4-5-9-17(16)20(25)14-21(27)23-19-11-7-6-10-18(19)22(28)24(2)3/h4-13,20H,14H2,1-3H3,(H,23,27)/t20-/m1/s1. The molecule has 1 atom stereocenters. The number of para-hydroxylation sites is 1. The molecule has 1 N–H and O–H groups in total. The van der Waals surface area contributed by atoms with Crippen molar-refractivity contribution in [1.82, 2.24) is 9.80 Å². The molecule has 28 heavy (non-hydrogen) atoms. The van der Waals surface area contributed by atoms with Crippen molar-refractivity contribution in [2.75, 3.05) is 19.4 Å². The van der Waals surface area contributed by atoms with E-state index in [1.165, 1.54) is 11.8 Å². The summed E-state index contributed by atoms with van der Waals surface area (Å²) in [6, 6.07) is 14.2. The molecule has 0 saturated heterocycles. The van der Waals surface area contributed by atoms with Crippen LogP contribution in [0.4, 0.5) is 5.69 Å². The predicted octanol–water partition coefficient (Wildman–Crippen LogP) is 3.29. The van der Waals surface area contributed by atoms with Crippen molar-refractivity contribution in [3.63, 3.8) is 0 Å². The molecule has 0 fully saturated rings. The molecule has 0 unspecified atom stereocenters. The van der Waals surface area contributed by atoms with Gasteiger partial charge >= 0.3 is 0 Å². The maximum absolute atomic E-state index is 12.8. The van der Waals surface area contributed by atoms with E-state index in [0.717, 1.165) is 11.1 Å². The lowest BCUT2D eigenvalue weighted by Gasteiger charge is -2.32. The van der Waals surface area contributed by atoms with E-state index in [4.69, 9.17) is 0 Å². The summed E-state index contributed by atoms with van der Waals surface area (Å²) in [6.07, 6.45) is 3.67. The Kier molecular flexibility index (Phi) is 5.59. The highest BCUT2D eigenvalue weighted by molar-refractivity contribution is 6.03. The molecular weight excluding hydrogens is 354 g/mol. The maximum Gasteiger partial charge on any atom is 0.255 e. The second-order valence-corrected chi connectivity index (χ2v) is 6.88. The monoisotopic (exact) mass is 377 g/mol. The smallest absolute Gasteiger partial charge is 0.255 e. The third-order valence-electron chi connectivity index (χ3n) is 4.69. The average molecular weight is 377 g/mol. The SMILES string of the molecule is CC(=O)N1C=Cc2ccccc2[C@H]1CC(=O)Nc1ccccc1C(=O)N(C)C. The van der Waals surface area contributed by atoms with Crippen LogP contribution in [0.5, 0.6) is 0 Å². The molecule has 1 aliphatic heterocycles. The number of amides is 3. The fourth-order valence-electron chi connectivity index (χ4n) is 3.31. The van der Waals surface area contributed by atoms with E-state index in [1.807, 2.05) is 30.3 Å². The molecule has 0 aliphatic carbocycles. The van der Waals surface area contributed by atoms with Gasteiger partial charge < -0.3 is 15.1 Å². The minimum Gasteiger partial charge on any atom is -0.345 e. The number of nitrogens with one attached hydrogen (secondary N) is 1. The van der Waals surface area contributed by atoms with Gasteiger partial charge in [-0.15, -0.1) is 0 Å². The zero-order chi connectivity index (χ0) is 20.3. The van der Waals surface area contributed by atoms with E-state index >= 15 is 0 Å². The fraction of sp³-hybridized carbons (Fsp3) is 0.227. The largest absolute Gasteiger partial charge is 0.345 e. The van der Waals surface area contributed by atoms with Crippen LogP contribution in [0.25, 0.3) is 6.08 Å². The highest BCUT2D eigenvalue weighted by atomic mass is 16.2. The Balaban J connectivity index is 1.84. The zero-order valence-electron chi connectivity index (χ0n) is 16.2. The Hall–Kier alpha value is -3.41. The summed E-state index contributed by atoms with van der Waals surface area (Å²) in [5.41, 5.74) is 2.79. The van der Waals surface area contributed by atoms with Crippen LogP contribution >= 0.6 is 0 Å². The van der Waals surface area contributed by atoms with Crippen molar-refractivity contribution in [1.29, 1.82) is 0 Å². The van der Waals surface area contributed by atoms with Gasteiger partial charge in [-0.25, -0.2) is 0 Å². The van der Waals surface area contributed by atoms with Crippen LogP contribution in [-0.4, -0.2) is 41.6 Å². The van der Waals surface area contributed by atoms with Crippen LogP contribution in [0, 0.1) is 0 Å². The lowest BCUT2D eigenvalue weighted by Crippen LogP contribution is -2.33. The highest BCUT2D eigenvalue weighted by Crippen LogP contribution is 2.33. The normalized spacial score (nSPS) is 15.0. The zero-order valence-corrected chi connectivity index (χ0v) is 16.2. The van der Waals surface area contributed by atoms with E-state index in [9.17, 15) is 14.4 Å². The molecule has 144 valence electrons. The number of benzene rings is 2. The van der Waals surface area contributed by atoms with Crippen LogP contribution in [0.15, 0.2) is 54.7 Å². The molecule has 0 spiro atoms. The summed E-state index contributed by atoms with van der Waals surface area (Å²) in [6.45, 7) is 1.48. The van der Waals surface area contributed by atoms with Crippen molar-refractivity contribution in [2.45, 2.75) is 19.4 Å². The number of hydrogen-bond acceptors (Lipinski definition) is 3. The van der Waals surface area contributed by atoms with Crippen LogP contribution in [0.3, 0.4) is 0 Å². The van der Waals surface area contributed by atoms with Crippen molar-refractivity contribution in [3.05, 3.63) is 71.4 Å². The second-order valence-electron chi connectivity index (χ2n) is 6.88. The molecule has 0 radical (unpaired) electrons. The maximum atomic E-state index is 12.8. The molecule has 3 rings (SSSR count). The van der Waals surface area contributed by atoms with Gasteiger partial charge in [0.1, 0.15) is 0 Å². The van der Waals surface area contributed by atoms with Crippen LogP contribution in [-0.2, 0) is 9.59 Å². The Morgan fingerprint density at radius 3 is 2.43 bits per heavy atom. The Morgan fingerprint density at radius 2 is 1.71 bits per heavy atom. The average Bonchev–Trinajstić information content (AvgIpc) is 2.67. The number of rotatable bonds is 4. The third kappa shape index (κ3) is 3.96. The highest BCUT2D eigenvalue weighted by Gasteiger charge is 2.28. The first-order chi connectivity index (χ1) is 13.4. The minimum atomic E-state index is -0.393. The molecule has 1 heterocycles. The third-order valence-corrected chi connectivity index (χ3v) is 4.69. The van der Waals surface area contributed by atoms with Crippen LogP contribution < -0.4 is 5.32 Å². The molecule has 2 aromatic carbocycles. The van der Waals surface area contributed by atoms with Crippen LogP contribution in [0.2, 0.25) is 0 Å². The van der Waals surface area contributed by atoms with Gasteiger partial charge in [0.2, 0.25) is 11.8 Å². The van der Waals surface area contributed by atoms with Gasteiger partial charge in [-0.3, -0.25) is 14.4 Å². The van der Waals surface area contributed by atoms with Crippen molar-refractivity contribution < 1.29 is 14.4 Å². The lowest BCUT2D eigenvalue weighted by molar-refractivity contribution is -0.129. The first-order valence-electron chi connectivity index (χ1n) is 9.05. The summed E-state index contributed by atoms with van der Waals surface area (Å²) in [5, 5.41) is 2.84. The molecule has 0 saturated carbocycles. The van der Waals surface area contributed by atoms with Gasteiger partial charge in [0.15, 0.2) is 0 Å². The lowest BCUT2D eigenvalue weighted by atomic mass is 9.93. The number of nitrogens with zero attached hydrogens (tertiary/aromatic N) is 2. The summed E-state index contributed by atoms with van der Waals surface area (Å²) >= 11 is 0. The van der Waals surface area contributed by atoms with Crippen LogP contribution in [0.1, 0.15) is 40.9 Å². The number of hydrogen-bond donors (Lipinski definition) is 1. The Morgan fingerprint density at radius 1 is 1.04 bits per heavy atom. The molecule has 1 aliphatic rings. The summed E-state index contributed by atoms with van der Waals surface area (Å²) in [4.78, 5) is 40.3. The van der Waals surface area contributed by atoms with E-state index in [2.05, 4.69) is 5.32 Å². The molecular formula is C22H23N3O3. The molecule has 2 aromatic rings. The molecule has 3 amide bonds. The second kappa shape index (κ2) is 8.08. The minimum absolute atomic E-state index is 0.0887. The Labute approximate surface area is 164 Å². The van der Waals surface area contributed by atoms with Gasteiger partial charge in [0.25, 0.3) is 5.91 Å². The quantitative estimate of drug-likeness (QED) is 0.889. The molecule has 6 nitrogen and oxygen atoms in total. The first-order valence-corrected chi connectivity index (χ1v) is 9.05. The number of anilines is 1. The molecule has 0 aromatic heterocycles. The summed E-state index contributed by atoms with van der Waals surface area (Å²) < 4.78 is 0. The van der Waals surface area contributed by atoms with Gasteiger partial charge in [0.05, 0.1) is 23.7 Å². The van der Waals surface area contributed by atoms with E-state index in [1.54, 1.807) is 49.5 Å². The van der Waals surface area contributed by atoms with Gasteiger partial charge in [0, 0.05) is 27.2 Å².